The molecule has 0 saturated heterocycles. The van der Waals surface area contributed by atoms with Gasteiger partial charge in [0.1, 0.15) is 0 Å². The van der Waals surface area contributed by atoms with E-state index in [1.54, 1.807) is 0 Å². The number of hydrogen-bond acceptors (Lipinski definition) is 3. The predicted octanol–water partition coefficient (Wildman–Crippen LogP) is 5.51. The van der Waals surface area contributed by atoms with Crippen LogP contribution in [0.2, 0.25) is 0 Å². The standard InChI is InChI=1S/3C7H8O.Er/c3*1-6-2-4-7(8)5-3-6;/h3*2-5,8H,1H3;/q;;;+3/p-3. The van der Waals surface area contributed by atoms with Crippen molar-refractivity contribution in [2.24, 2.45) is 0 Å². The molecule has 0 atom stereocenters. The number of rotatable bonds is 6. The first kappa shape index (κ1) is 18.1. The van der Waals surface area contributed by atoms with Crippen LogP contribution in [0, 0.1) is 53.9 Å². The topological polar surface area (TPSA) is 27.7 Å². The monoisotopic (exact) mass is 487 g/mol. The Labute approximate surface area is 164 Å². The quantitative estimate of drug-likeness (QED) is 0.458. The van der Waals surface area contributed by atoms with Crippen LogP contribution in [0.15, 0.2) is 72.8 Å². The Morgan fingerprint density at radius 1 is 0.440 bits per heavy atom. The van der Waals surface area contributed by atoms with Gasteiger partial charge in [0.25, 0.3) is 0 Å². The van der Waals surface area contributed by atoms with Gasteiger partial charge in [0.05, 0.1) is 0 Å². The maximum absolute atomic E-state index is 6.03. The van der Waals surface area contributed by atoms with Crippen molar-refractivity contribution in [2.75, 3.05) is 0 Å². The van der Waals surface area contributed by atoms with E-state index in [0.717, 1.165) is 17.2 Å². The molecule has 0 aliphatic heterocycles. The van der Waals surface area contributed by atoms with Gasteiger partial charge in [-0.05, 0) is 0 Å². The van der Waals surface area contributed by atoms with E-state index in [0.29, 0.717) is 0 Å². The second-order valence-corrected chi connectivity index (χ2v) is 7.82. The third-order valence-electron chi connectivity index (χ3n) is 3.41. The van der Waals surface area contributed by atoms with Crippen LogP contribution in [0.3, 0.4) is 0 Å². The molecule has 0 aliphatic carbocycles. The fourth-order valence-electron chi connectivity index (χ4n) is 1.94. The van der Waals surface area contributed by atoms with Crippen molar-refractivity contribution >= 4 is 0 Å². The third kappa shape index (κ3) is 5.66. The van der Waals surface area contributed by atoms with Gasteiger partial charge in [0.15, 0.2) is 0 Å². The number of benzene rings is 3. The molecular formula is C21H21ErO3. The van der Waals surface area contributed by atoms with E-state index in [9.17, 15) is 0 Å². The SMILES string of the molecule is Cc1ccc([O][Er]([O]c2ccc(C)cc2)[O]c2ccc(C)cc2)cc1. The van der Waals surface area contributed by atoms with Crippen molar-refractivity contribution in [3.05, 3.63) is 89.5 Å². The van der Waals surface area contributed by atoms with Gasteiger partial charge in [0, 0.05) is 0 Å². The molecule has 0 amide bonds. The second kappa shape index (κ2) is 8.60. The molecule has 0 aliphatic rings. The van der Waals surface area contributed by atoms with Crippen molar-refractivity contribution in [1.82, 2.24) is 0 Å². The van der Waals surface area contributed by atoms with E-state index < -0.39 is 33.2 Å². The van der Waals surface area contributed by atoms with Gasteiger partial charge in [-0.1, -0.05) is 0 Å². The Kier molecular flexibility index (Phi) is 6.23. The predicted molar refractivity (Wildman–Crippen MR) is 95.4 cm³/mol. The van der Waals surface area contributed by atoms with Crippen LogP contribution in [-0.4, -0.2) is 0 Å². The molecule has 3 rings (SSSR count). The van der Waals surface area contributed by atoms with Gasteiger partial charge in [-0.2, -0.15) is 0 Å². The molecule has 0 radical (unpaired) electrons. The fourth-order valence-corrected chi connectivity index (χ4v) is 3.99. The molecule has 0 spiro atoms. The van der Waals surface area contributed by atoms with Crippen LogP contribution in [-0.2, 0) is 0 Å². The van der Waals surface area contributed by atoms with Crippen LogP contribution in [0.4, 0.5) is 0 Å². The summed E-state index contributed by atoms with van der Waals surface area (Å²) < 4.78 is 18.1. The van der Waals surface area contributed by atoms with E-state index >= 15 is 0 Å². The summed E-state index contributed by atoms with van der Waals surface area (Å²) in [5.41, 5.74) is 3.55. The average Bonchev–Trinajstić information content (AvgIpc) is 2.61. The minimum absolute atomic E-state index is 0.751. The molecule has 0 saturated carbocycles. The molecular weight excluding hydrogens is 467 g/mol. The summed E-state index contributed by atoms with van der Waals surface area (Å²) in [5, 5.41) is 0. The molecule has 3 nitrogen and oxygen atoms in total. The summed E-state index contributed by atoms with van der Waals surface area (Å²) in [5.74, 6) is 2.25. The van der Waals surface area contributed by atoms with Crippen molar-refractivity contribution in [3.63, 3.8) is 0 Å². The Morgan fingerprint density at radius 3 is 0.920 bits per heavy atom. The average molecular weight is 489 g/mol. The first-order valence-electron chi connectivity index (χ1n) is 7.93. The van der Waals surface area contributed by atoms with Gasteiger partial charge in [-0.3, -0.25) is 0 Å². The Balaban J connectivity index is 1.77. The molecule has 4 heteroatoms. The Morgan fingerprint density at radius 2 is 0.680 bits per heavy atom. The molecule has 0 bridgehead atoms. The molecule has 25 heavy (non-hydrogen) atoms. The zero-order chi connectivity index (χ0) is 17.6. The maximum atomic E-state index is 6.03. The number of aryl methyl sites for hydroxylation is 3. The zero-order valence-electron chi connectivity index (χ0n) is 14.4. The van der Waals surface area contributed by atoms with E-state index in [-0.39, 0.29) is 0 Å². The first-order valence-corrected chi connectivity index (χ1v) is 10.2. The number of hydrogen-bond donors (Lipinski definition) is 0. The van der Waals surface area contributed by atoms with Crippen molar-refractivity contribution in [2.45, 2.75) is 20.8 Å². The summed E-state index contributed by atoms with van der Waals surface area (Å²) in [4.78, 5) is 0. The summed E-state index contributed by atoms with van der Waals surface area (Å²) in [7, 11) is 0. The molecule has 0 unspecified atom stereocenters. The van der Waals surface area contributed by atoms with Crippen LogP contribution in [0.5, 0.6) is 17.2 Å². The van der Waals surface area contributed by atoms with Gasteiger partial charge < -0.3 is 0 Å². The van der Waals surface area contributed by atoms with E-state index in [4.69, 9.17) is 4.49 Å². The minimum atomic E-state index is -2.46. The van der Waals surface area contributed by atoms with Gasteiger partial charge in [-0.15, -0.1) is 0 Å². The van der Waals surface area contributed by atoms with Crippen molar-refractivity contribution < 1.29 is 37.7 Å². The van der Waals surface area contributed by atoms with Crippen LogP contribution in [0.25, 0.3) is 0 Å². The van der Waals surface area contributed by atoms with E-state index in [1.807, 2.05) is 93.6 Å². The van der Waals surface area contributed by atoms with Crippen LogP contribution >= 0.6 is 0 Å². The summed E-state index contributed by atoms with van der Waals surface area (Å²) >= 11 is -2.46. The van der Waals surface area contributed by atoms with Crippen LogP contribution in [0.1, 0.15) is 16.7 Å². The first-order chi connectivity index (χ1) is 12.1. The zero-order valence-corrected chi connectivity index (χ0v) is 16.3. The van der Waals surface area contributed by atoms with Crippen molar-refractivity contribution in [1.29, 1.82) is 0 Å². The second-order valence-electron chi connectivity index (χ2n) is 5.76. The normalized spacial score (nSPS) is 10.9. The molecule has 0 aromatic heterocycles. The van der Waals surface area contributed by atoms with Gasteiger partial charge >= 0.3 is 165 Å². The molecule has 3 aromatic rings. The molecule has 0 N–H and O–H groups in total. The van der Waals surface area contributed by atoms with Crippen molar-refractivity contribution in [3.8, 4) is 17.2 Å². The summed E-state index contributed by atoms with van der Waals surface area (Å²) in [6, 6.07) is 23.7. The fraction of sp³-hybridized carbons (Fsp3) is 0.143. The summed E-state index contributed by atoms with van der Waals surface area (Å²) in [6.07, 6.45) is 0. The van der Waals surface area contributed by atoms with Gasteiger partial charge in [0.2, 0.25) is 0 Å². The van der Waals surface area contributed by atoms with E-state index in [1.165, 1.54) is 16.7 Å². The van der Waals surface area contributed by atoms with Crippen LogP contribution < -0.4 is 4.49 Å². The summed E-state index contributed by atoms with van der Waals surface area (Å²) in [6.45, 7) is 6.14. The molecule has 0 fully saturated rings. The molecule has 0 heterocycles. The molecule has 3 aromatic carbocycles. The Bertz CT molecular complexity index is 683. The third-order valence-corrected chi connectivity index (χ3v) is 5.65. The molecule has 135 valence electrons. The van der Waals surface area contributed by atoms with E-state index in [2.05, 4.69) is 0 Å². The Hall–Kier alpha value is -1.69. The van der Waals surface area contributed by atoms with Gasteiger partial charge in [-0.25, -0.2) is 0 Å².